The molecule has 1 aromatic carbocycles. The van der Waals surface area contributed by atoms with Gasteiger partial charge in [-0.25, -0.2) is 0 Å². The van der Waals surface area contributed by atoms with Crippen molar-refractivity contribution in [3.63, 3.8) is 0 Å². The molecule has 4 heteroatoms. The van der Waals surface area contributed by atoms with E-state index in [0.717, 1.165) is 38.5 Å². The molecule has 0 aliphatic carbocycles. The van der Waals surface area contributed by atoms with Gasteiger partial charge in [-0.2, -0.15) is 0 Å². The maximum absolute atomic E-state index is 10.1. The number of hydrogen-bond donors (Lipinski definition) is 1. The molecule has 1 saturated heterocycles. The first-order chi connectivity index (χ1) is 10.1. The molecule has 0 radical (unpaired) electrons. The quantitative estimate of drug-likeness (QED) is 0.865. The van der Waals surface area contributed by atoms with Crippen LogP contribution in [0.1, 0.15) is 18.1 Å². The third-order valence-corrected chi connectivity index (χ3v) is 4.30. The summed E-state index contributed by atoms with van der Waals surface area (Å²) < 4.78 is 5.70. The zero-order valence-electron chi connectivity index (χ0n) is 13.5. The molecule has 21 heavy (non-hydrogen) atoms. The van der Waals surface area contributed by atoms with Gasteiger partial charge < -0.3 is 14.7 Å². The molecule has 0 bridgehead atoms. The van der Waals surface area contributed by atoms with Crippen molar-refractivity contribution in [2.24, 2.45) is 0 Å². The van der Waals surface area contributed by atoms with Crippen molar-refractivity contribution in [3.8, 4) is 5.75 Å². The first kappa shape index (κ1) is 16.3. The lowest BCUT2D eigenvalue weighted by Crippen LogP contribution is -2.49. The van der Waals surface area contributed by atoms with Gasteiger partial charge in [-0.1, -0.05) is 13.0 Å². The van der Waals surface area contributed by atoms with E-state index in [2.05, 4.69) is 36.6 Å². The lowest BCUT2D eigenvalue weighted by Gasteiger charge is -2.34. The molecular weight excluding hydrogens is 264 g/mol. The molecule has 0 saturated carbocycles. The SMILES string of the molecule is CCN1CCN(C[C@@H](O)COc2ccc(C)c(C)c2)CC1. The minimum atomic E-state index is -0.431. The Hall–Kier alpha value is -1.10. The molecule has 1 atom stereocenters. The van der Waals surface area contributed by atoms with Crippen LogP contribution in [0.15, 0.2) is 18.2 Å². The summed E-state index contributed by atoms with van der Waals surface area (Å²) in [5, 5.41) is 10.1. The molecular formula is C17H28N2O2. The molecule has 0 unspecified atom stereocenters. The van der Waals surface area contributed by atoms with E-state index in [1.807, 2.05) is 12.1 Å². The van der Waals surface area contributed by atoms with Crippen LogP contribution in [0.25, 0.3) is 0 Å². The number of ether oxygens (including phenoxy) is 1. The van der Waals surface area contributed by atoms with Crippen molar-refractivity contribution in [2.45, 2.75) is 26.9 Å². The van der Waals surface area contributed by atoms with Crippen molar-refractivity contribution in [1.82, 2.24) is 9.80 Å². The Morgan fingerprint density at radius 1 is 1.10 bits per heavy atom. The normalized spacial score (nSPS) is 18.7. The summed E-state index contributed by atoms with van der Waals surface area (Å²) in [6.45, 7) is 12.8. The molecule has 2 rings (SSSR count). The predicted octanol–water partition coefficient (Wildman–Crippen LogP) is 1.68. The monoisotopic (exact) mass is 292 g/mol. The molecule has 0 amide bonds. The molecule has 1 aliphatic heterocycles. The van der Waals surface area contributed by atoms with E-state index in [-0.39, 0.29) is 0 Å². The second-order valence-corrected chi connectivity index (χ2v) is 5.95. The van der Waals surface area contributed by atoms with Crippen molar-refractivity contribution >= 4 is 0 Å². The summed E-state index contributed by atoms with van der Waals surface area (Å²) in [5.41, 5.74) is 2.48. The van der Waals surface area contributed by atoms with Gasteiger partial charge in [-0.3, -0.25) is 4.90 Å². The highest BCUT2D eigenvalue weighted by atomic mass is 16.5. The van der Waals surface area contributed by atoms with Gasteiger partial charge in [-0.15, -0.1) is 0 Å². The number of aliphatic hydroxyl groups is 1. The lowest BCUT2D eigenvalue weighted by atomic mass is 10.1. The Bertz CT molecular complexity index is 442. The fraction of sp³-hybridized carbons (Fsp3) is 0.647. The highest BCUT2D eigenvalue weighted by Crippen LogP contribution is 2.16. The maximum atomic E-state index is 10.1. The molecule has 0 aromatic heterocycles. The number of aryl methyl sites for hydroxylation is 2. The Labute approximate surface area is 128 Å². The molecule has 118 valence electrons. The van der Waals surface area contributed by atoms with E-state index in [0.29, 0.717) is 13.2 Å². The fourth-order valence-corrected chi connectivity index (χ4v) is 2.63. The minimum Gasteiger partial charge on any atom is -0.491 e. The van der Waals surface area contributed by atoms with Gasteiger partial charge in [0.1, 0.15) is 18.5 Å². The second kappa shape index (κ2) is 7.78. The number of nitrogens with zero attached hydrogens (tertiary/aromatic N) is 2. The number of likely N-dealkylation sites (N-methyl/N-ethyl adjacent to an activating group) is 1. The predicted molar refractivity (Wildman–Crippen MR) is 86.0 cm³/mol. The van der Waals surface area contributed by atoms with Crippen molar-refractivity contribution in [3.05, 3.63) is 29.3 Å². The summed E-state index contributed by atoms with van der Waals surface area (Å²) in [4.78, 5) is 4.76. The molecule has 1 aliphatic rings. The van der Waals surface area contributed by atoms with Crippen LogP contribution in [-0.4, -0.2) is 66.9 Å². The molecule has 1 aromatic rings. The van der Waals surface area contributed by atoms with Crippen LogP contribution in [0, 0.1) is 13.8 Å². The van der Waals surface area contributed by atoms with Crippen LogP contribution in [0.5, 0.6) is 5.75 Å². The largest absolute Gasteiger partial charge is 0.491 e. The highest BCUT2D eigenvalue weighted by molar-refractivity contribution is 5.33. The average molecular weight is 292 g/mol. The van der Waals surface area contributed by atoms with Gasteiger partial charge in [0, 0.05) is 32.7 Å². The number of benzene rings is 1. The van der Waals surface area contributed by atoms with Crippen LogP contribution in [0.4, 0.5) is 0 Å². The van der Waals surface area contributed by atoms with Gasteiger partial charge in [0.2, 0.25) is 0 Å². The Morgan fingerprint density at radius 2 is 1.76 bits per heavy atom. The summed E-state index contributed by atoms with van der Waals surface area (Å²) in [7, 11) is 0. The van der Waals surface area contributed by atoms with E-state index in [1.165, 1.54) is 11.1 Å². The summed E-state index contributed by atoms with van der Waals surface area (Å²) in [6, 6.07) is 6.05. The van der Waals surface area contributed by atoms with Gasteiger partial charge in [0.05, 0.1) is 0 Å². The van der Waals surface area contributed by atoms with Crippen molar-refractivity contribution < 1.29 is 9.84 Å². The molecule has 0 spiro atoms. The third-order valence-electron chi connectivity index (χ3n) is 4.30. The van der Waals surface area contributed by atoms with Gasteiger partial charge >= 0.3 is 0 Å². The van der Waals surface area contributed by atoms with Gasteiger partial charge in [0.15, 0.2) is 0 Å². The van der Waals surface area contributed by atoms with E-state index >= 15 is 0 Å². The van der Waals surface area contributed by atoms with Crippen LogP contribution in [-0.2, 0) is 0 Å². The van der Waals surface area contributed by atoms with Gasteiger partial charge in [-0.05, 0) is 43.7 Å². The Kier molecular flexibility index (Phi) is 6.03. The van der Waals surface area contributed by atoms with Gasteiger partial charge in [0.25, 0.3) is 0 Å². The number of hydrogen-bond acceptors (Lipinski definition) is 4. The van der Waals surface area contributed by atoms with Crippen LogP contribution < -0.4 is 4.74 Å². The molecule has 1 N–H and O–H groups in total. The highest BCUT2D eigenvalue weighted by Gasteiger charge is 2.18. The second-order valence-electron chi connectivity index (χ2n) is 5.95. The molecule has 1 heterocycles. The van der Waals surface area contributed by atoms with Crippen LogP contribution in [0.2, 0.25) is 0 Å². The standard InChI is InChI=1S/C17H28N2O2/c1-4-18-7-9-19(10-8-18)12-16(20)13-21-17-6-5-14(2)15(3)11-17/h5-6,11,16,20H,4,7-10,12-13H2,1-3H3/t16-/m1/s1. The van der Waals surface area contributed by atoms with E-state index in [4.69, 9.17) is 4.74 Å². The van der Waals surface area contributed by atoms with E-state index in [1.54, 1.807) is 0 Å². The summed E-state index contributed by atoms with van der Waals surface area (Å²) >= 11 is 0. The average Bonchev–Trinajstić information content (AvgIpc) is 2.49. The summed E-state index contributed by atoms with van der Waals surface area (Å²) in [5.74, 6) is 0.841. The van der Waals surface area contributed by atoms with Crippen molar-refractivity contribution in [2.75, 3.05) is 45.9 Å². The number of aliphatic hydroxyl groups excluding tert-OH is 1. The zero-order valence-corrected chi connectivity index (χ0v) is 13.5. The van der Waals surface area contributed by atoms with Crippen LogP contribution >= 0.6 is 0 Å². The minimum absolute atomic E-state index is 0.358. The van der Waals surface area contributed by atoms with Crippen LogP contribution in [0.3, 0.4) is 0 Å². The number of β-amino-alcohol motifs (C(OH)–C–C–N with tert-alkyl or cyclic N) is 1. The third kappa shape index (κ3) is 4.99. The zero-order chi connectivity index (χ0) is 15.2. The fourth-order valence-electron chi connectivity index (χ4n) is 2.63. The summed E-state index contributed by atoms with van der Waals surface area (Å²) in [6.07, 6.45) is -0.431. The van der Waals surface area contributed by atoms with Crippen molar-refractivity contribution in [1.29, 1.82) is 0 Å². The Balaban J connectivity index is 1.72. The van der Waals surface area contributed by atoms with E-state index < -0.39 is 6.10 Å². The number of piperazine rings is 1. The topological polar surface area (TPSA) is 35.9 Å². The first-order valence-electron chi connectivity index (χ1n) is 7.91. The lowest BCUT2D eigenvalue weighted by molar-refractivity contribution is 0.0471. The Morgan fingerprint density at radius 3 is 2.38 bits per heavy atom. The molecule has 4 nitrogen and oxygen atoms in total. The maximum Gasteiger partial charge on any atom is 0.119 e. The molecule has 1 fully saturated rings. The first-order valence-corrected chi connectivity index (χ1v) is 7.91. The number of rotatable bonds is 6. The smallest absolute Gasteiger partial charge is 0.119 e. The van der Waals surface area contributed by atoms with E-state index in [9.17, 15) is 5.11 Å².